The van der Waals surface area contributed by atoms with Gasteiger partial charge in [-0.25, -0.2) is 4.98 Å². The smallest absolute Gasteiger partial charge is 0.270 e. The zero-order chi connectivity index (χ0) is 16.2. The van der Waals surface area contributed by atoms with Crippen LogP contribution in [0.4, 0.5) is 0 Å². The summed E-state index contributed by atoms with van der Waals surface area (Å²) in [5, 5.41) is 0. The molecule has 0 aliphatic carbocycles. The SMILES string of the molecule is CCCC1CCCN(C(=O)c2cnc3ccccn3c2=O)CC1. The summed E-state index contributed by atoms with van der Waals surface area (Å²) in [6, 6.07) is 5.36. The van der Waals surface area contributed by atoms with E-state index in [1.807, 2.05) is 11.0 Å². The number of nitrogens with zero attached hydrogens (tertiary/aromatic N) is 3. The lowest BCUT2D eigenvalue weighted by Crippen LogP contribution is -2.36. The Labute approximate surface area is 136 Å². The second-order valence-electron chi connectivity index (χ2n) is 6.28. The largest absolute Gasteiger partial charge is 0.338 e. The first-order chi connectivity index (χ1) is 11.2. The monoisotopic (exact) mass is 313 g/mol. The molecule has 0 saturated carbocycles. The van der Waals surface area contributed by atoms with Crippen molar-refractivity contribution in [3.8, 4) is 0 Å². The highest BCUT2D eigenvalue weighted by atomic mass is 16.2. The zero-order valence-corrected chi connectivity index (χ0v) is 13.6. The highest BCUT2D eigenvalue weighted by molar-refractivity contribution is 5.93. The van der Waals surface area contributed by atoms with Crippen molar-refractivity contribution in [1.82, 2.24) is 14.3 Å². The third-order valence-electron chi connectivity index (χ3n) is 4.68. The summed E-state index contributed by atoms with van der Waals surface area (Å²) in [4.78, 5) is 31.4. The van der Waals surface area contributed by atoms with Gasteiger partial charge in [0.05, 0.1) is 0 Å². The normalized spacial score (nSPS) is 18.8. The third-order valence-corrected chi connectivity index (χ3v) is 4.68. The maximum absolute atomic E-state index is 12.8. The average Bonchev–Trinajstić information content (AvgIpc) is 2.81. The Bertz CT molecular complexity index is 753. The van der Waals surface area contributed by atoms with Crippen LogP contribution >= 0.6 is 0 Å². The van der Waals surface area contributed by atoms with Crippen LogP contribution in [0, 0.1) is 5.92 Å². The first kappa shape index (κ1) is 15.7. The number of hydrogen-bond acceptors (Lipinski definition) is 3. The van der Waals surface area contributed by atoms with Gasteiger partial charge in [-0.1, -0.05) is 25.8 Å². The minimum atomic E-state index is -0.282. The van der Waals surface area contributed by atoms with Crippen LogP contribution in [0.3, 0.4) is 0 Å². The maximum atomic E-state index is 12.8. The van der Waals surface area contributed by atoms with Crippen molar-refractivity contribution in [1.29, 1.82) is 0 Å². The van der Waals surface area contributed by atoms with Gasteiger partial charge in [-0.2, -0.15) is 0 Å². The fourth-order valence-electron chi connectivity index (χ4n) is 3.41. The predicted octanol–water partition coefficient (Wildman–Crippen LogP) is 2.74. The predicted molar refractivity (Wildman–Crippen MR) is 89.6 cm³/mol. The molecule has 1 fully saturated rings. The van der Waals surface area contributed by atoms with E-state index in [1.165, 1.54) is 29.9 Å². The molecule has 122 valence electrons. The van der Waals surface area contributed by atoms with Crippen LogP contribution in [0.15, 0.2) is 35.4 Å². The van der Waals surface area contributed by atoms with Crippen LogP contribution in [-0.4, -0.2) is 33.3 Å². The lowest BCUT2D eigenvalue weighted by Gasteiger charge is -2.20. The fraction of sp³-hybridized carbons (Fsp3) is 0.500. The number of carbonyl (C=O) groups is 1. The molecule has 0 spiro atoms. The first-order valence-corrected chi connectivity index (χ1v) is 8.46. The summed E-state index contributed by atoms with van der Waals surface area (Å²) in [6.45, 7) is 3.67. The molecule has 5 heteroatoms. The van der Waals surface area contributed by atoms with E-state index >= 15 is 0 Å². The molecule has 1 aliphatic rings. The van der Waals surface area contributed by atoms with E-state index in [1.54, 1.807) is 18.3 Å². The maximum Gasteiger partial charge on any atom is 0.270 e. The molecule has 3 heterocycles. The highest BCUT2D eigenvalue weighted by Gasteiger charge is 2.23. The Morgan fingerprint density at radius 1 is 1.30 bits per heavy atom. The van der Waals surface area contributed by atoms with Crippen molar-refractivity contribution >= 4 is 11.6 Å². The van der Waals surface area contributed by atoms with Gasteiger partial charge in [-0.15, -0.1) is 0 Å². The summed E-state index contributed by atoms with van der Waals surface area (Å²) in [6.07, 6.45) is 8.71. The highest BCUT2D eigenvalue weighted by Crippen LogP contribution is 2.22. The van der Waals surface area contributed by atoms with Gasteiger partial charge in [-0.05, 0) is 37.3 Å². The van der Waals surface area contributed by atoms with Crippen molar-refractivity contribution < 1.29 is 4.79 Å². The van der Waals surface area contributed by atoms with E-state index in [0.717, 1.165) is 25.9 Å². The number of aromatic nitrogens is 2. The minimum absolute atomic E-state index is 0.169. The minimum Gasteiger partial charge on any atom is -0.338 e. The topological polar surface area (TPSA) is 54.7 Å². The number of likely N-dealkylation sites (tertiary alicyclic amines) is 1. The first-order valence-electron chi connectivity index (χ1n) is 8.46. The second kappa shape index (κ2) is 6.94. The molecule has 1 unspecified atom stereocenters. The molecule has 0 aromatic carbocycles. The van der Waals surface area contributed by atoms with Gasteiger partial charge in [0.1, 0.15) is 11.2 Å². The van der Waals surface area contributed by atoms with Crippen LogP contribution < -0.4 is 5.56 Å². The molecular weight excluding hydrogens is 290 g/mol. The summed E-state index contributed by atoms with van der Waals surface area (Å²) < 4.78 is 1.44. The van der Waals surface area contributed by atoms with E-state index in [-0.39, 0.29) is 17.0 Å². The summed E-state index contributed by atoms with van der Waals surface area (Å²) in [5.74, 6) is 0.520. The number of amides is 1. The lowest BCUT2D eigenvalue weighted by atomic mass is 9.96. The summed E-state index contributed by atoms with van der Waals surface area (Å²) >= 11 is 0. The number of hydrogen-bond donors (Lipinski definition) is 0. The molecule has 23 heavy (non-hydrogen) atoms. The molecule has 2 aromatic heterocycles. The van der Waals surface area contributed by atoms with E-state index < -0.39 is 0 Å². The fourth-order valence-corrected chi connectivity index (χ4v) is 3.41. The van der Waals surface area contributed by atoms with Gasteiger partial charge < -0.3 is 4.90 Å². The quantitative estimate of drug-likeness (QED) is 0.875. The van der Waals surface area contributed by atoms with Crippen molar-refractivity contribution in [2.24, 2.45) is 5.92 Å². The van der Waals surface area contributed by atoms with Crippen molar-refractivity contribution in [3.63, 3.8) is 0 Å². The molecule has 0 bridgehead atoms. The Morgan fingerprint density at radius 2 is 2.17 bits per heavy atom. The van der Waals surface area contributed by atoms with E-state index in [0.29, 0.717) is 11.6 Å². The Balaban J connectivity index is 1.83. The van der Waals surface area contributed by atoms with Crippen molar-refractivity contribution in [2.75, 3.05) is 13.1 Å². The molecule has 1 amide bonds. The van der Waals surface area contributed by atoms with Crippen LogP contribution in [0.1, 0.15) is 49.4 Å². The summed E-state index contributed by atoms with van der Waals surface area (Å²) in [7, 11) is 0. The van der Waals surface area contributed by atoms with E-state index in [2.05, 4.69) is 11.9 Å². The van der Waals surface area contributed by atoms with Gasteiger partial charge in [0.15, 0.2) is 0 Å². The Morgan fingerprint density at radius 3 is 3.00 bits per heavy atom. The summed E-state index contributed by atoms with van der Waals surface area (Å²) in [5.41, 5.74) is 0.450. The van der Waals surface area contributed by atoms with Crippen molar-refractivity contribution in [3.05, 3.63) is 46.5 Å². The Kier molecular flexibility index (Phi) is 4.74. The molecule has 5 nitrogen and oxygen atoms in total. The van der Waals surface area contributed by atoms with Gasteiger partial charge in [0.2, 0.25) is 0 Å². The molecule has 3 rings (SSSR count). The average molecular weight is 313 g/mol. The molecule has 0 radical (unpaired) electrons. The number of rotatable bonds is 3. The van der Waals surface area contributed by atoms with Gasteiger partial charge in [0, 0.05) is 25.5 Å². The van der Waals surface area contributed by atoms with E-state index in [9.17, 15) is 9.59 Å². The van der Waals surface area contributed by atoms with Gasteiger partial charge in [0.25, 0.3) is 11.5 Å². The van der Waals surface area contributed by atoms with Crippen LogP contribution in [0.2, 0.25) is 0 Å². The molecule has 0 N–H and O–H groups in total. The second-order valence-corrected chi connectivity index (χ2v) is 6.28. The molecular formula is C18H23N3O2. The van der Waals surface area contributed by atoms with E-state index in [4.69, 9.17) is 0 Å². The van der Waals surface area contributed by atoms with Crippen LogP contribution in [0.25, 0.3) is 5.65 Å². The van der Waals surface area contributed by atoms with Gasteiger partial charge >= 0.3 is 0 Å². The number of pyridine rings is 1. The Hall–Kier alpha value is -2.17. The molecule has 1 atom stereocenters. The molecule has 1 aliphatic heterocycles. The van der Waals surface area contributed by atoms with Crippen LogP contribution in [0.5, 0.6) is 0 Å². The molecule has 1 saturated heterocycles. The van der Waals surface area contributed by atoms with Gasteiger partial charge in [-0.3, -0.25) is 14.0 Å². The number of carbonyl (C=O) groups excluding carboxylic acids is 1. The standard InChI is InChI=1S/C18H23N3O2/c1-2-6-14-7-5-10-20(12-9-14)17(22)15-13-19-16-8-3-4-11-21(16)18(15)23/h3-4,8,11,13-14H,2,5-7,9-10,12H2,1H3. The van der Waals surface area contributed by atoms with Crippen molar-refractivity contribution in [2.45, 2.75) is 39.0 Å². The lowest BCUT2D eigenvalue weighted by molar-refractivity contribution is 0.0757. The third kappa shape index (κ3) is 3.28. The zero-order valence-electron chi connectivity index (χ0n) is 13.6. The van der Waals surface area contributed by atoms with Crippen LogP contribution in [-0.2, 0) is 0 Å². The molecule has 2 aromatic rings. The number of fused-ring (bicyclic) bond motifs is 1.